The van der Waals surface area contributed by atoms with Crippen LogP contribution in [0, 0.1) is 0 Å². The van der Waals surface area contributed by atoms with Crippen molar-refractivity contribution in [3.8, 4) is 0 Å². The first-order valence-corrected chi connectivity index (χ1v) is 4.57. The molecular formula is C11H16N2O. The Morgan fingerprint density at radius 2 is 1.71 bits per heavy atom. The predicted molar refractivity (Wildman–Crippen MR) is 58.4 cm³/mol. The zero-order valence-corrected chi connectivity index (χ0v) is 8.90. The summed E-state index contributed by atoms with van der Waals surface area (Å²) in [5, 5.41) is 0. The van der Waals surface area contributed by atoms with Crippen molar-refractivity contribution in [1.82, 2.24) is 4.90 Å². The Morgan fingerprint density at radius 1 is 1.14 bits per heavy atom. The Balaban J connectivity index is 2.59. The van der Waals surface area contributed by atoms with E-state index in [0.29, 0.717) is 6.54 Å². The van der Waals surface area contributed by atoms with E-state index in [0.717, 1.165) is 5.69 Å². The molecule has 1 aromatic carbocycles. The molecule has 1 amide bonds. The second-order valence-electron chi connectivity index (χ2n) is 3.48. The summed E-state index contributed by atoms with van der Waals surface area (Å²) >= 11 is 0. The molecular weight excluding hydrogens is 176 g/mol. The number of nitrogens with zero attached hydrogens (tertiary/aromatic N) is 2. The topological polar surface area (TPSA) is 23.6 Å². The minimum Gasteiger partial charge on any atom is -0.365 e. The molecule has 0 aliphatic rings. The zero-order valence-electron chi connectivity index (χ0n) is 8.90. The summed E-state index contributed by atoms with van der Waals surface area (Å²) in [5.74, 6) is 0.108. The summed E-state index contributed by atoms with van der Waals surface area (Å²) in [4.78, 5) is 14.9. The molecule has 0 heterocycles. The van der Waals surface area contributed by atoms with E-state index in [1.54, 1.807) is 19.0 Å². The number of carbonyl (C=O) groups excluding carboxylic acids is 1. The number of benzene rings is 1. The molecule has 0 radical (unpaired) electrons. The van der Waals surface area contributed by atoms with E-state index < -0.39 is 0 Å². The Labute approximate surface area is 84.9 Å². The van der Waals surface area contributed by atoms with Crippen LogP contribution in [-0.4, -0.2) is 38.5 Å². The minimum absolute atomic E-state index is 0.108. The Bertz CT molecular complexity index is 295. The number of rotatable bonds is 3. The number of likely N-dealkylation sites (N-methyl/N-ethyl adjacent to an activating group) is 2. The van der Waals surface area contributed by atoms with E-state index in [4.69, 9.17) is 0 Å². The van der Waals surface area contributed by atoms with Crippen LogP contribution in [0.4, 0.5) is 5.69 Å². The SMILES string of the molecule is CN(C)C(=O)CN(C)c1ccccc1. The Kier molecular flexibility index (Phi) is 3.51. The van der Waals surface area contributed by atoms with Gasteiger partial charge >= 0.3 is 0 Å². The van der Waals surface area contributed by atoms with Gasteiger partial charge in [0, 0.05) is 26.8 Å². The van der Waals surface area contributed by atoms with Crippen molar-refractivity contribution in [2.75, 3.05) is 32.6 Å². The van der Waals surface area contributed by atoms with E-state index in [9.17, 15) is 4.79 Å². The first-order valence-electron chi connectivity index (χ1n) is 4.57. The summed E-state index contributed by atoms with van der Waals surface area (Å²) in [6, 6.07) is 9.87. The van der Waals surface area contributed by atoms with E-state index >= 15 is 0 Å². The van der Waals surface area contributed by atoms with E-state index in [1.807, 2.05) is 42.3 Å². The number of carbonyl (C=O) groups is 1. The van der Waals surface area contributed by atoms with Gasteiger partial charge in [0.15, 0.2) is 0 Å². The maximum atomic E-state index is 11.4. The fraction of sp³-hybridized carbons (Fsp3) is 0.364. The maximum Gasteiger partial charge on any atom is 0.241 e. The quantitative estimate of drug-likeness (QED) is 0.718. The molecule has 0 bridgehead atoms. The van der Waals surface area contributed by atoms with Gasteiger partial charge < -0.3 is 9.80 Å². The highest BCUT2D eigenvalue weighted by Crippen LogP contribution is 2.10. The maximum absolute atomic E-state index is 11.4. The van der Waals surface area contributed by atoms with Gasteiger partial charge in [-0.3, -0.25) is 4.79 Å². The number of amides is 1. The monoisotopic (exact) mass is 192 g/mol. The van der Waals surface area contributed by atoms with Crippen LogP contribution in [0.15, 0.2) is 30.3 Å². The van der Waals surface area contributed by atoms with Gasteiger partial charge in [-0.15, -0.1) is 0 Å². The van der Waals surface area contributed by atoms with Gasteiger partial charge in [0.2, 0.25) is 5.91 Å². The number of hydrogen-bond donors (Lipinski definition) is 0. The molecule has 0 saturated heterocycles. The molecule has 76 valence electrons. The summed E-state index contributed by atoms with van der Waals surface area (Å²) < 4.78 is 0. The molecule has 0 aromatic heterocycles. The van der Waals surface area contributed by atoms with Gasteiger partial charge in [0.25, 0.3) is 0 Å². The Hall–Kier alpha value is -1.51. The lowest BCUT2D eigenvalue weighted by molar-refractivity contribution is -0.127. The second-order valence-corrected chi connectivity index (χ2v) is 3.48. The highest BCUT2D eigenvalue weighted by molar-refractivity contribution is 5.80. The molecule has 0 N–H and O–H groups in total. The smallest absolute Gasteiger partial charge is 0.241 e. The normalized spacial score (nSPS) is 9.64. The van der Waals surface area contributed by atoms with E-state index in [-0.39, 0.29) is 5.91 Å². The van der Waals surface area contributed by atoms with Crippen molar-refractivity contribution in [2.45, 2.75) is 0 Å². The highest BCUT2D eigenvalue weighted by Gasteiger charge is 2.07. The molecule has 0 aliphatic carbocycles. The summed E-state index contributed by atoms with van der Waals surface area (Å²) in [6.45, 7) is 0.414. The summed E-state index contributed by atoms with van der Waals surface area (Å²) in [7, 11) is 5.44. The summed E-state index contributed by atoms with van der Waals surface area (Å²) in [6.07, 6.45) is 0. The van der Waals surface area contributed by atoms with Gasteiger partial charge in [0.1, 0.15) is 0 Å². The van der Waals surface area contributed by atoms with Crippen LogP contribution >= 0.6 is 0 Å². The lowest BCUT2D eigenvalue weighted by Gasteiger charge is -2.20. The summed E-state index contributed by atoms with van der Waals surface area (Å²) in [5.41, 5.74) is 1.06. The minimum atomic E-state index is 0.108. The van der Waals surface area contributed by atoms with Gasteiger partial charge in [-0.1, -0.05) is 18.2 Å². The average Bonchev–Trinajstić information content (AvgIpc) is 2.19. The van der Waals surface area contributed by atoms with Crippen molar-refractivity contribution in [2.24, 2.45) is 0 Å². The first-order chi connectivity index (χ1) is 6.61. The molecule has 0 atom stereocenters. The highest BCUT2D eigenvalue weighted by atomic mass is 16.2. The van der Waals surface area contributed by atoms with Crippen LogP contribution in [0.25, 0.3) is 0 Å². The lowest BCUT2D eigenvalue weighted by atomic mass is 10.3. The first kappa shape index (κ1) is 10.6. The molecule has 0 unspecified atom stereocenters. The average molecular weight is 192 g/mol. The molecule has 0 aliphatic heterocycles. The molecule has 0 saturated carbocycles. The van der Waals surface area contributed by atoms with Crippen LogP contribution in [-0.2, 0) is 4.79 Å². The molecule has 0 spiro atoms. The molecule has 14 heavy (non-hydrogen) atoms. The molecule has 0 fully saturated rings. The van der Waals surface area contributed by atoms with Crippen LogP contribution in [0.3, 0.4) is 0 Å². The van der Waals surface area contributed by atoms with Crippen LogP contribution in [0.5, 0.6) is 0 Å². The van der Waals surface area contributed by atoms with Gasteiger partial charge in [0.05, 0.1) is 6.54 Å². The largest absolute Gasteiger partial charge is 0.365 e. The van der Waals surface area contributed by atoms with E-state index in [1.165, 1.54) is 0 Å². The molecule has 1 aromatic rings. The number of anilines is 1. The predicted octanol–water partition coefficient (Wildman–Crippen LogP) is 1.21. The molecule has 1 rings (SSSR count). The van der Waals surface area contributed by atoms with Gasteiger partial charge in [-0.05, 0) is 12.1 Å². The van der Waals surface area contributed by atoms with Crippen molar-refractivity contribution in [1.29, 1.82) is 0 Å². The van der Waals surface area contributed by atoms with Crippen LogP contribution < -0.4 is 4.90 Å². The number of hydrogen-bond acceptors (Lipinski definition) is 2. The van der Waals surface area contributed by atoms with Gasteiger partial charge in [-0.25, -0.2) is 0 Å². The molecule has 3 nitrogen and oxygen atoms in total. The fourth-order valence-corrected chi connectivity index (χ4v) is 1.12. The second kappa shape index (κ2) is 4.65. The Morgan fingerprint density at radius 3 is 2.21 bits per heavy atom. The third-order valence-corrected chi connectivity index (χ3v) is 2.07. The van der Waals surface area contributed by atoms with Crippen molar-refractivity contribution < 1.29 is 4.79 Å². The van der Waals surface area contributed by atoms with Crippen molar-refractivity contribution in [3.63, 3.8) is 0 Å². The zero-order chi connectivity index (χ0) is 10.6. The third kappa shape index (κ3) is 2.76. The third-order valence-electron chi connectivity index (χ3n) is 2.07. The van der Waals surface area contributed by atoms with Crippen molar-refractivity contribution in [3.05, 3.63) is 30.3 Å². The van der Waals surface area contributed by atoms with Crippen molar-refractivity contribution >= 4 is 11.6 Å². The lowest BCUT2D eigenvalue weighted by Crippen LogP contribution is -2.34. The van der Waals surface area contributed by atoms with Crippen LogP contribution in [0.2, 0.25) is 0 Å². The number of para-hydroxylation sites is 1. The fourth-order valence-electron chi connectivity index (χ4n) is 1.12. The standard InChI is InChI=1S/C11H16N2O/c1-12(2)11(14)9-13(3)10-7-5-4-6-8-10/h4-8H,9H2,1-3H3. The van der Waals surface area contributed by atoms with Crippen LogP contribution in [0.1, 0.15) is 0 Å². The van der Waals surface area contributed by atoms with Gasteiger partial charge in [-0.2, -0.15) is 0 Å². The molecule has 3 heteroatoms. The van der Waals surface area contributed by atoms with E-state index in [2.05, 4.69) is 0 Å².